The third-order valence-electron chi connectivity index (χ3n) is 4.70. The summed E-state index contributed by atoms with van der Waals surface area (Å²) in [5, 5.41) is 4.00. The number of likely N-dealkylation sites (N-methyl/N-ethyl adjacent to an activating group) is 1. The minimum Gasteiger partial charge on any atom is -0.451 e. The Morgan fingerprint density at radius 1 is 1.28 bits per heavy atom. The molecule has 1 atom stereocenters. The van der Waals surface area contributed by atoms with Crippen LogP contribution in [0, 0.1) is 0 Å². The lowest BCUT2D eigenvalue weighted by Crippen LogP contribution is -2.49. The number of para-hydroxylation sites is 1. The average Bonchev–Trinajstić information content (AvgIpc) is 2.96. The lowest BCUT2D eigenvalue weighted by Gasteiger charge is -2.33. The number of fused-ring (bicyclic) bond motifs is 1. The Morgan fingerprint density at radius 2 is 2.00 bits per heavy atom. The molecule has 1 amide bonds. The Morgan fingerprint density at radius 3 is 2.72 bits per heavy atom. The molecule has 25 heavy (non-hydrogen) atoms. The smallest absolute Gasteiger partial charge is 0.287 e. The second-order valence-electron chi connectivity index (χ2n) is 6.82. The van der Waals surface area contributed by atoms with Crippen molar-refractivity contribution in [1.82, 2.24) is 15.1 Å². The monoisotopic (exact) mass is 345 g/mol. The van der Waals surface area contributed by atoms with Crippen LogP contribution in [0.4, 0.5) is 0 Å². The van der Waals surface area contributed by atoms with Crippen LogP contribution < -0.4 is 5.32 Å². The molecule has 0 bridgehead atoms. The van der Waals surface area contributed by atoms with Crippen LogP contribution in [0.2, 0.25) is 0 Å². The zero-order valence-corrected chi connectivity index (χ0v) is 15.2. The number of hydrogen-bond donors (Lipinski definition) is 1. The Kier molecular flexibility index (Phi) is 5.73. The third-order valence-corrected chi connectivity index (χ3v) is 4.70. The van der Waals surface area contributed by atoms with Gasteiger partial charge >= 0.3 is 0 Å². The molecule has 0 unspecified atom stereocenters. The number of rotatable bonds is 6. The number of hydrogen-bond acceptors (Lipinski definition) is 5. The first kappa shape index (κ1) is 17.9. The van der Waals surface area contributed by atoms with E-state index >= 15 is 0 Å². The van der Waals surface area contributed by atoms with Gasteiger partial charge in [-0.05, 0) is 20.0 Å². The number of nitrogens with one attached hydrogen (secondary N) is 1. The van der Waals surface area contributed by atoms with Crippen molar-refractivity contribution in [2.45, 2.75) is 19.6 Å². The van der Waals surface area contributed by atoms with Crippen LogP contribution in [0.5, 0.6) is 0 Å². The molecule has 1 saturated heterocycles. The van der Waals surface area contributed by atoms with Crippen LogP contribution in [0.25, 0.3) is 11.0 Å². The minimum absolute atomic E-state index is 0.0551. The number of benzene rings is 1. The van der Waals surface area contributed by atoms with Crippen LogP contribution in [0.15, 0.2) is 28.7 Å². The fraction of sp³-hybridized carbons (Fsp3) is 0.526. The predicted octanol–water partition coefficient (Wildman–Crippen LogP) is 1.94. The van der Waals surface area contributed by atoms with Gasteiger partial charge in [-0.25, -0.2) is 0 Å². The van der Waals surface area contributed by atoms with Crippen LogP contribution in [0.1, 0.15) is 23.0 Å². The van der Waals surface area contributed by atoms with Crippen LogP contribution >= 0.6 is 0 Å². The molecule has 6 heteroatoms. The van der Waals surface area contributed by atoms with E-state index in [-0.39, 0.29) is 11.9 Å². The van der Waals surface area contributed by atoms with E-state index in [1.54, 1.807) is 7.11 Å². The zero-order valence-electron chi connectivity index (χ0n) is 15.2. The van der Waals surface area contributed by atoms with Crippen molar-refractivity contribution >= 4 is 16.9 Å². The summed E-state index contributed by atoms with van der Waals surface area (Å²) in [4.78, 5) is 17.4. The Bertz CT molecular complexity index is 720. The maximum absolute atomic E-state index is 12.7. The molecule has 1 aromatic heterocycles. The van der Waals surface area contributed by atoms with Crippen LogP contribution in [-0.2, 0) is 11.3 Å². The highest BCUT2D eigenvalue weighted by atomic mass is 16.5. The molecule has 1 aliphatic heterocycles. The van der Waals surface area contributed by atoms with Gasteiger partial charge in [-0.2, -0.15) is 0 Å². The predicted molar refractivity (Wildman–Crippen MR) is 97.8 cm³/mol. The highest BCUT2D eigenvalue weighted by molar-refractivity contribution is 5.99. The van der Waals surface area contributed by atoms with Crippen molar-refractivity contribution in [3.8, 4) is 0 Å². The fourth-order valence-electron chi connectivity index (χ4n) is 3.32. The summed E-state index contributed by atoms with van der Waals surface area (Å²) in [7, 11) is 3.76. The van der Waals surface area contributed by atoms with Crippen LogP contribution in [0.3, 0.4) is 0 Å². The number of amides is 1. The normalized spacial score (nSPS) is 17.7. The molecule has 0 spiro atoms. The van der Waals surface area contributed by atoms with Gasteiger partial charge in [0, 0.05) is 56.8 Å². The summed E-state index contributed by atoms with van der Waals surface area (Å²) < 4.78 is 11.1. The van der Waals surface area contributed by atoms with E-state index in [9.17, 15) is 4.79 Å². The molecule has 6 nitrogen and oxygen atoms in total. The summed E-state index contributed by atoms with van der Waals surface area (Å²) in [5.74, 6) is 0.179. The maximum Gasteiger partial charge on any atom is 0.287 e. The second kappa shape index (κ2) is 7.99. The van der Waals surface area contributed by atoms with E-state index in [0.29, 0.717) is 18.0 Å². The van der Waals surface area contributed by atoms with Crippen molar-refractivity contribution in [1.29, 1.82) is 0 Å². The first-order valence-electron chi connectivity index (χ1n) is 8.79. The number of furan rings is 1. The third kappa shape index (κ3) is 4.21. The molecule has 1 aromatic carbocycles. The van der Waals surface area contributed by atoms with E-state index in [0.717, 1.165) is 43.7 Å². The van der Waals surface area contributed by atoms with E-state index < -0.39 is 0 Å². The van der Waals surface area contributed by atoms with Crippen molar-refractivity contribution < 1.29 is 13.9 Å². The van der Waals surface area contributed by atoms with Crippen molar-refractivity contribution in [2.24, 2.45) is 0 Å². The van der Waals surface area contributed by atoms with Gasteiger partial charge in [-0.15, -0.1) is 0 Å². The van der Waals surface area contributed by atoms with E-state index in [1.165, 1.54) is 0 Å². The SMILES string of the molecule is COCc1c(C(=O)N[C@@H](C)CN2CCN(C)CC2)oc2ccccc12. The van der Waals surface area contributed by atoms with Gasteiger partial charge in [0.25, 0.3) is 5.91 Å². The molecule has 0 radical (unpaired) electrons. The summed E-state index contributed by atoms with van der Waals surface area (Å²) in [6.45, 7) is 7.46. The molecular formula is C19H27N3O3. The van der Waals surface area contributed by atoms with Gasteiger partial charge in [-0.1, -0.05) is 18.2 Å². The van der Waals surface area contributed by atoms with Crippen molar-refractivity contribution in [3.05, 3.63) is 35.6 Å². The zero-order chi connectivity index (χ0) is 17.8. The molecule has 2 aromatic rings. The summed E-state index contributed by atoms with van der Waals surface area (Å²) in [6.07, 6.45) is 0. The van der Waals surface area contributed by atoms with Crippen LogP contribution in [-0.4, -0.2) is 68.6 Å². The number of ether oxygens (including phenoxy) is 1. The van der Waals surface area contributed by atoms with Gasteiger partial charge < -0.3 is 19.4 Å². The van der Waals surface area contributed by atoms with Gasteiger partial charge in [0.15, 0.2) is 5.76 Å². The first-order valence-corrected chi connectivity index (χ1v) is 8.79. The first-order chi connectivity index (χ1) is 12.1. The molecule has 0 saturated carbocycles. The van der Waals surface area contributed by atoms with Gasteiger partial charge in [0.05, 0.1) is 6.61 Å². The maximum atomic E-state index is 12.7. The number of carbonyl (C=O) groups excluding carboxylic acids is 1. The molecule has 136 valence electrons. The topological polar surface area (TPSA) is 58.0 Å². The Balaban J connectivity index is 1.68. The summed E-state index contributed by atoms with van der Waals surface area (Å²) in [5.41, 5.74) is 1.52. The molecule has 1 N–H and O–H groups in total. The van der Waals surface area contributed by atoms with E-state index in [4.69, 9.17) is 9.15 Å². The largest absolute Gasteiger partial charge is 0.451 e. The molecule has 0 aliphatic carbocycles. The highest BCUT2D eigenvalue weighted by Crippen LogP contribution is 2.26. The van der Waals surface area contributed by atoms with Crippen molar-refractivity contribution in [2.75, 3.05) is 46.9 Å². The van der Waals surface area contributed by atoms with E-state index in [2.05, 4.69) is 22.2 Å². The molecular weight excluding hydrogens is 318 g/mol. The number of carbonyl (C=O) groups is 1. The number of nitrogens with zero attached hydrogens (tertiary/aromatic N) is 2. The van der Waals surface area contributed by atoms with Gasteiger partial charge in [0.1, 0.15) is 5.58 Å². The Labute approximate surface area is 148 Å². The van der Waals surface area contributed by atoms with E-state index in [1.807, 2.05) is 31.2 Å². The molecule has 1 aliphatic rings. The molecule has 1 fully saturated rings. The van der Waals surface area contributed by atoms with Gasteiger partial charge in [-0.3, -0.25) is 9.69 Å². The molecule has 3 rings (SSSR count). The highest BCUT2D eigenvalue weighted by Gasteiger charge is 2.23. The number of piperazine rings is 1. The molecule has 2 heterocycles. The quantitative estimate of drug-likeness (QED) is 0.867. The minimum atomic E-state index is -0.176. The standard InChI is InChI=1S/C19H27N3O3/c1-14(12-22-10-8-21(2)9-11-22)20-19(23)18-16(13-24-3)15-6-4-5-7-17(15)25-18/h4-7,14H,8-13H2,1-3H3,(H,20,23)/t14-/m0/s1. The number of methoxy groups -OCH3 is 1. The average molecular weight is 345 g/mol. The lowest BCUT2D eigenvalue weighted by atomic mass is 10.1. The van der Waals surface area contributed by atoms with Crippen molar-refractivity contribution in [3.63, 3.8) is 0 Å². The van der Waals surface area contributed by atoms with Gasteiger partial charge in [0.2, 0.25) is 0 Å². The lowest BCUT2D eigenvalue weighted by molar-refractivity contribution is 0.0883. The second-order valence-corrected chi connectivity index (χ2v) is 6.82. The summed E-state index contributed by atoms with van der Waals surface area (Å²) >= 11 is 0. The Hall–Kier alpha value is -1.89. The fourth-order valence-corrected chi connectivity index (χ4v) is 3.32. The summed E-state index contributed by atoms with van der Waals surface area (Å²) in [6, 6.07) is 7.73.